The summed E-state index contributed by atoms with van der Waals surface area (Å²) in [5, 5.41) is 12.0. The van der Waals surface area contributed by atoms with Gasteiger partial charge in [0.2, 0.25) is 0 Å². The molecule has 0 amide bonds. The van der Waals surface area contributed by atoms with Gasteiger partial charge in [-0.2, -0.15) is 0 Å². The first kappa shape index (κ1) is 20.7. The highest BCUT2D eigenvalue weighted by molar-refractivity contribution is 5.69. The van der Waals surface area contributed by atoms with Gasteiger partial charge in [0.15, 0.2) is 5.65 Å². The molecule has 0 radical (unpaired) electrons. The zero-order valence-electron chi connectivity index (χ0n) is 18.0. The average Bonchev–Trinajstić information content (AvgIpc) is 3.18. The highest BCUT2D eigenvalue weighted by Crippen LogP contribution is 2.41. The number of fused-ring (bicyclic) bond motifs is 1. The number of nitrogens with one attached hydrogen (secondary N) is 1. The molecular formula is C26H28N4O2. The molecule has 2 N–H and O–H groups in total. The highest BCUT2D eigenvalue weighted by Gasteiger charge is 2.41. The van der Waals surface area contributed by atoms with Crippen LogP contribution in [0.1, 0.15) is 24.0 Å². The maximum atomic E-state index is 12.3. The number of aromatic amines is 1. The average molecular weight is 429 g/mol. The van der Waals surface area contributed by atoms with Gasteiger partial charge in [-0.15, -0.1) is 0 Å². The first-order chi connectivity index (χ1) is 15.7. The maximum absolute atomic E-state index is 12.3. The zero-order valence-corrected chi connectivity index (χ0v) is 18.0. The minimum atomic E-state index is -1.01. The van der Waals surface area contributed by atoms with Gasteiger partial charge >= 0.3 is 5.69 Å². The summed E-state index contributed by atoms with van der Waals surface area (Å²) in [5.41, 5.74) is 2.24. The van der Waals surface area contributed by atoms with E-state index in [4.69, 9.17) is 0 Å². The normalized spacial score (nSPS) is 15.9. The van der Waals surface area contributed by atoms with Crippen LogP contribution in [0.5, 0.6) is 0 Å². The Balaban J connectivity index is 1.30. The predicted octanol–water partition coefficient (Wildman–Crippen LogP) is 3.37. The van der Waals surface area contributed by atoms with Crippen LogP contribution in [-0.2, 0) is 12.1 Å². The molecule has 2 aromatic carbocycles. The van der Waals surface area contributed by atoms with Gasteiger partial charge < -0.3 is 15.0 Å². The van der Waals surface area contributed by atoms with Crippen LogP contribution >= 0.6 is 0 Å². The Bertz CT molecular complexity index is 1190. The monoisotopic (exact) mass is 428 g/mol. The number of H-pyrrole nitrogens is 1. The molecule has 6 heteroatoms. The summed E-state index contributed by atoms with van der Waals surface area (Å²) in [7, 11) is 0. The van der Waals surface area contributed by atoms with E-state index >= 15 is 0 Å². The van der Waals surface area contributed by atoms with Gasteiger partial charge in [-0.3, -0.25) is 4.57 Å². The van der Waals surface area contributed by atoms with Crippen molar-refractivity contribution in [1.29, 1.82) is 0 Å². The fourth-order valence-electron chi connectivity index (χ4n) is 5.03. The molecule has 4 aromatic rings. The lowest BCUT2D eigenvalue weighted by atomic mass is 9.72. The first-order valence-corrected chi connectivity index (χ1v) is 11.3. The molecule has 32 heavy (non-hydrogen) atoms. The van der Waals surface area contributed by atoms with Crippen LogP contribution in [0.25, 0.3) is 11.2 Å². The number of rotatable bonds is 6. The van der Waals surface area contributed by atoms with Crippen molar-refractivity contribution in [3.8, 4) is 0 Å². The highest BCUT2D eigenvalue weighted by atomic mass is 16.3. The number of hydrogen-bond acceptors (Lipinski definition) is 4. The second-order valence-corrected chi connectivity index (χ2v) is 8.57. The molecule has 0 unspecified atom stereocenters. The number of nitrogens with zero attached hydrogens (tertiary/aromatic N) is 3. The molecule has 164 valence electrons. The Morgan fingerprint density at radius 1 is 0.906 bits per heavy atom. The molecular weight excluding hydrogens is 400 g/mol. The van der Waals surface area contributed by atoms with Crippen molar-refractivity contribution in [3.63, 3.8) is 0 Å². The second kappa shape index (κ2) is 8.73. The first-order valence-electron chi connectivity index (χ1n) is 11.3. The predicted molar refractivity (Wildman–Crippen MR) is 125 cm³/mol. The molecule has 1 aliphatic heterocycles. The van der Waals surface area contributed by atoms with E-state index in [1.807, 2.05) is 72.8 Å². The van der Waals surface area contributed by atoms with E-state index in [1.165, 1.54) is 0 Å². The van der Waals surface area contributed by atoms with Crippen LogP contribution in [0.3, 0.4) is 0 Å². The van der Waals surface area contributed by atoms with Crippen molar-refractivity contribution in [1.82, 2.24) is 19.4 Å². The minimum absolute atomic E-state index is 0.115. The van der Waals surface area contributed by atoms with Gasteiger partial charge in [0.1, 0.15) is 5.60 Å². The van der Waals surface area contributed by atoms with E-state index in [0.717, 1.165) is 49.1 Å². The van der Waals surface area contributed by atoms with Gasteiger partial charge in [-0.05, 0) is 55.1 Å². The number of benzene rings is 2. The maximum Gasteiger partial charge on any atom is 0.327 e. The molecule has 0 saturated carbocycles. The van der Waals surface area contributed by atoms with Gasteiger partial charge in [-0.1, -0.05) is 60.7 Å². The SMILES string of the molecule is O=c1[nH]c2cccnc2n1CCN1CCC(C(O)(c2ccccc2)c2ccccc2)CC1. The molecule has 0 aliphatic carbocycles. The van der Waals surface area contributed by atoms with Crippen molar-refractivity contribution >= 4 is 11.2 Å². The summed E-state index contributed by atoms with van der Waals surface area (Å²) in [6, 6.07) is 23.7. The van der Waals surface area contributed by atoms with Crippen LogP contribution < -0.4 is 5.69 Å². The summed E-state index contributed by atoms with van der Waals surface area (Å²) in [6.45, 7) is 3.15. The van der Waals surface area contributed by atoms with Gasteiger partial charge in [0.05, 0.1) is 5.52 Å². The van der Waals surface area contributed by atoms with Crippen LogP contribution in [-0.4, -0.2) is 44.2 Å². The van der Waals surface area contributed by atoms with Crippen molar-refractivity contribution in [2.24, 2.45) is 5.92 Å². The molecule has 5 rings (SSSR count). The Kier molecular flexibility index (Phi) is 5.64. The molecule has 1 fully saturated rings. The quantitative estimate of drug-likeness (QED) is 0.494. The third-order valence-corrected chi connectivity index (χ3v) is 6.78. The van der Waals surface area contributed by atoms with Crippen LogP contribution in [0.4, 0.5) is 0 Å². The van der Waals surface area contributed by atoms with E-state index in [-0.39, 0.29) is 11.6 Å². The number of aromatic nitrogens is 3. The molecule has 3 heterocycles. The molecule has 1 aliphatic rings. The van der Waals surface area contributed by atoms with Crippen molar-refractivity contribution in [2.75, 3.05) is 19.6 Å². The van der Waals surface area contributed by atoms with Gasteiger partial charge in [-0.25, -0.2) is 9.78 Å². The number of likely N-dealkylation sites (tertiary alicyclic amines) is 1. The Labute approximate surface area is 187 Å². The molecule has 1 saturated heterocycles. The van der Waals surface area contributed by atoms with Gasteiger partial charge in [0, 0.05) is 19.3 Å². The lowest BCUT2D eigenvalue weighted by Crippen LogP contribution is -2.45. The molecule has 0 bridgehead atoms. The topological polar surface area (TPSA) is 74.2 Å². The van der Waals surface area contributed by atoms with Crippen molar-refractivity contribution < 1.29 is 5.11 Å². The standard InChI is InChI=1S/C26H28N4O2/c31-25-28-23-12-7-15-27-24(23)30(25)19-18-29-16-13-22(14-17-29)26(32,20-8-3-1-4-9-20)21-10-5-2-6-11-21/h1-12,15,22,32H,13-14,16-19H2,(H,28,31). The second-order valence-electron chi connectivity index (χ2n) is 8.57. The van der Waals surface area contributed by atoms with Gasteiger partial charge in [0.25, 0.3) is 0 Å². The Morgan fingerprint density at radius 3 is 2.16 bits per heavy atom. The number of hydrogen-bond donors (Lipinski definition) is 2. The fraction of sp³-hybridized carbons (Fsp3) is 0.308. The lowest BCUT2D eigenvalue weighted by molar-refractivity contribution is -0.0145. The van der Waals surface area contributed by atoms with Crippen LogP contribution in [0.2, 0.25) is 0 Å². The number of aliphatic hydroxyl groups is 1. The van der Waals surface area contributed by atoms with E-state index < -0.39 is 5.60 Å². The third-order valence-electron chi connectivity index (χ3n) is 6.78. The molecule has 0 atom stereocenters. The molecule has 6 nitrogen and oxygen atoms in total. The summed E-state index contributed by atoms with van der Waals surface area (Å²) >= 11 is 0. The zero-order chi connectivity index (χ0) is 22.0. The Hall–Kier alpha value is -3.22. The number of imidazole rings is 1. The third kappa shape index (κ3) is 3.76. The molecule has 2 aromatic heterocycles. The Morgan fingerprint density at radius 2 is 1.53 bits per heavy atom. The number of piperidine rings is 1. The van der Waals surface area contributed by atoms with Crippen molar-refractivity contribution in [3.05, 3.63) is 101 Å². The lowest BCUT2D eigenvalue weighted by Gasteiger charge is -2.42. The van der Waals surface area contributed by atoms with Crippen LogP contribution in [0, 0.1) is 5.92 Å². The summed E-state index contributed by atoms with van der Waals surface area (Å²) in [4.78, 5) is 21.9. The summed E-state index contributed by atoms with van der Waals surface area (Å²) in [5.74, 6) is 0.126. The van der Waals surface area contributed by atoms with E-state index in [1.54, 1.807) is 10.8 Å². The van der Waals surface area contributed by atoms with E-state index in [0.29, 0.717) is 12.2 Å². The summed E-state index contributed by atoms with van der Waals surface area (Å²) in [6.07, 6.45) is 3.49. The van der Waals surface area contributed by atoms with Crippen LogP contribution in [0.15, 0.2) is 83.8 Å². The summed E-state index contributed by atoms with van der Waals surface area (Å²) < 4.78 is 1.71. The van der Waals surface area contributed by atoms with E-state index in [2.05, 4.69) is 14.9 Å². The smallest absolute Gasteiger partial charge is 0.327 e. The number of pyridine rings is 1. The minimum Gasteiger partial charge on any atom is -0.380 e. The largest absolute Gasteiger partial charge is 0.380 e. The fourth-order valence-corrected chi connectivity index (χ4v) is 5.03. The van der Waals surface area contributed by atoms with Crippen molar-refractivity contribution in [2.45, 2.75) is 25.0 Å². The van der Waals surface area contributed by atoms with E-state index in [9.17, 15) is 9.90 Å². The molecule has 0 spiro atoms.